The van der Waals surface area contributed by atoms with Gasteiger partial charge < -0.3 is 10.2 Å². The van der Waals surface area contributed by atoms with Gasteiger partial charge in [-0.25, -0.2) is 9.97 Å². The van der Waals surface area contributed by atoms with Gasteiger partial charge in [-0.15, -0.1) is 0 Å². The molecule has 0 saturated heterocycles. The van der Waals surface area contributed by atoms with Crippen LogP contribution in [0.4, 0.5) is 5.82 Å². The Kier molecular flexibility index (Phi) is 6.20. The van der Waals surface area contributed by atoms with Crippen LogP contribution in [-0.2, 0) is 11.2 Å². The van der Waals surface area contributed by atoms with E-state index >= 15 is 0 Å². The summed E-state index contributed by atoms with van der Waals surface area (Å²) in [6.07, 6.45) is 0.709. The van der Waals surface area contributed by atoms with Gasteiger partial charge in [-0.1, -0.05) is 32.4 Å². The largest absolute Gasteiger partial charge is 0.354 e. The van der Waals surface area contributed by atoms with Gasteiger partial charge in [-0.05, 0) is 12.8 Å². The maximum absolute atomic E-state index is 11.9. The molecule has 0 atom stereocenters. The van der Waals surface area contributed by atoms with Crippen LogP contribution >= 0.6 is 11.6 Å². The number of amides is 1. The molecule has 112 valence electrons. The van der Waals surface area contributed by atoms with Crippen molar-refractivity contribution in [2.75, 3.05) is 25.0 Å². The van der Waals surface area contributed by atoms with Gasteiger partial charge >= 0.3 is 0 Å². The Balaban J connectivity index is 2.79. The number of likely N-dealkylation sites (N-methyl/N-ethyl adjacent to an activating group) is 1. The smallest absolute Gasteiger partial charge is 0.239 e. The van der Waals surface area contributed by atoms with Crippen molar-refractivity contribution in [2.45, 2.75) is 34.1 Å². The zero-order valence-corrected chi connectivity index (χ0v) is 13.6. The maximum Gasteiger partial charge on any atom is 0.239 e. The second-order valence-corrected chi connectivity index (χ2v) is 5.64. The van der Waals surface area contributed by atoms with Crippen molar-refractivity contribution in [3.05, 3.63) is 16.5 Å². The molecular formula is C14H23ClN4O. The fraction of sp³-hybridized carbons (Fsp3) is 0.643. The van der Waals surface area contributed by atoms with Crippen LogP contribution in [0.25, 0.3) is 0 Å². The quantitative estimate of drug-likeness (QED) is 0.818. The van der Waals surface area contributed by atoms with Crippen LogP contribution < -0.4 is 10.2 Å². The number of aryl methyl sites for hydroxylation is 1. The predicted molar refractivity (Wildman–Crippen MR) is 82.3 cm³/mol. The molecule has 0 aliphatic heterocycles. The Hall–Kier alpha value is -1.36. The van der Waals surface area contributed by atoms with E-state index in [0.29, 0.717) is 35.7 Å². The van der Waals surface area contributed by atoms with E-state index in [4.69, 9.17) is 11.6 Å². The molecule has 20 heavy (non-hydrogen) atoms. The summed E-state index contributed by atoms with van der Waals surface area (Å²) in [7, 11) is 1.83. The maximum atomic E-state index is 11.9. The van der Waals surface area contributed by atoms with Gasteiger partial charge in [0.2, 0.25) is 5.91 Å². The lowest BCUT2D eigenvalue weighted by atomic mass is 10.2. The van der Waals surface area contributed by atoms with E-state index in [0.717, 1.165) is 5.56 Å². The molecule has 1 aromatic heterocycles. The van der Waals surface area contributed by atoms with E-state index < -0.39 is 0 Å². The van der Waals surface area contributed by atoms with Crippen LogP contribution in [0.5, 0.6) is 0 Å². The lowest BCUT2D eigenvalue weighted by molar-refractivity contribution is -0.119. The zero-order valence-electron chi connectivity index (χ0n) is 12.8. The molecule has 1 rings (SSSR count). The number of aromatic nitrogens is 2. The summed E-state index contributed by atoms with van der Waals surface area (Å²) in [6.45, 7) is 8.89. The van der Waals surface area contributed by atoms with Crippen molar-refractivity contribution in [2.24, 2.45) is 5.92 Å². The summed E-state index contributed by atoms with van der Waals surface area (Å²) in [5, 5.41) is 3.33. The van der Waals surface area contributed by atoms with E-state index in [1.807, 2.05) is 20.9 Å². The summed E-state index contributed by atoms with van der Waals surface area (Å²) in [4.78, 5) is 22.3. The third kappa shape index (κ3) is 4.63. The van der Waals surface area contributed by atoms with Crippen molar-refractivity contribution >= 4 is 23.3 Å². The first kappa shape index (κ1) is 16.7. The molecule has 1 aromatic rings. The SMILES string of the molecule is CCc1nc(Cl)c(C)c(N(C)CC(=O)NCC(C)C)n1. The first-order valence-electron chi connectivity index (χ1n) is 6.86. The van der Waals surface area contributed by atoms with Gasteiger partial charge in [-0.3, -0.25) is 4.79 Å². The van der Waals surface area contributed by atoms with Crippen molar-refractivity contribution < 1.29 is 4.79 Å². The van der Waals surface area contributed by atoms with Gasteiger partial charge in [0.15, 0.2) is 0 Å². The molecule has 0 saturated carbocycles. The van der Waals surface area contributed by atoms with Crippen molar-refractivity contribution in [3.8, 4) is 0 Å². The van der Waals surface area contributed by atoms with Crippen molar-refractivity contribution in [3.63, 3.8) is 0 Å². The topological polar surface area (TPSA) is 58.1 Å². The molecular weight excluding hydrogens is 276 g/mol. The number of rotatable bonds is 6. The Labute approximate surface area is 125 Å². The molecule has 0 spiro atoms. The summed E-state index contributed by atoms with van der Waals surface area (Å²) in [5.41, 5.74) is 0.794. The molecule has 5 nitrogen and oxygen atoms in total. The van der Waals surface area contributed by atoms with Crippen LogP contribution in [0.15, 0.2) is 0 Å². The minimum atomic E-state index is -0.0200. The first-order valence-corrected chi connectivity index (χ1v) is 7.23. The van der Waals surface area contributed by atoms with Crippen LogP contribution in [0.3, 0.4) is 0 Å². The number of carbonyl (C=O) groups excluding carboxylic acids is 1. The van der Waals surface area contributed by atoms with E-state index in [1.165, 1.54) is 0 Å². The van der Waals surface area contributed by atoms with E-state index in [1.54, 1.807) is 4.90 Å². The van der Waals surface area contributed by atoms with Gasteiger partial charge in [0.25, 0.3) is 0 Å². The molecule has 0 aromatic carbocycles. The number of nitrogens with zero attached hydrogens (tertiary/aromatic N) is 3. The van der Waals surface area contributed by atoms with Gasteiger partial charge in [-0.2, -0.15) is 0 Å². The highest BCUT2D eigenvalue weighted by Gasteiger charge is 2.15. The minimum absolute atomic E-state index is 0.0200. The fourth-order valence-electron chi connectivity index (χ4n) is 1.71. The van der Waals surface area contributed by atoms with Crippen molar-refractivity contribution in [1.29, 1.82) is 0 Å². The molecule has 0 aliphatic carbocycles. The Bertz CT molecular complexity index is 476. The second-order valence-electron chi connectivity index (χ2n) is 5.29. The number of nitrogens with one attached hydrogen (secondary N) is 1. The molecule has 1 amide bonds. The number of carbonyl (C=O) groups is 1. The molecule has 0 aliphatic rings. The Morgan fingerprint density at radius 2 is 2.05 bits per heavy atom. The molecule has 0 radical (unpaired) electrons. The normalized spacial score (nSPS) is 10.8. The molecule has 1 heterocycles. The van der Waals surface area contributed by atoms with E-state index in [2.05, 4.69) is 29.1 Å². The average molecular weight is 299 g/mol. The third-order valence-corrected chi connectivity index (χ3v) is 3.24. The highest BCUT2D eigenvalue weighted by atomic mass is 35.5. The number of anilines is 1. The summed E-state index contributed by atoms with van der Waals surface area (Å²) in [6, 6.07) is 0. The first-order chi connectivity index (χ1) is 9.35. The lowest BCUT2D eigenvalue weighted by Crippen LogP contribution is -2.37. The number of hydrogen-bond donors (Lipinski definition) is 1. The second kappa shape index (κ2) is 7.43. The zero-order chi connectivity index (χ0) is 15.3. The monoisotopic (exact) mass is 298 g/mol. The number of hydrogen-bond acceptors (Lipinski definition) is 4. The highest BCUT2D eigenvalue weighted by Crippen LogP contribution is 2.22. The summed E-state index contributed by atoms with van der Waals surface area (Å²) in [5.74, 6) is 1.81. The predicted octanol–water partition coefficient (Wildman–Crippen LogP) is 2.21. The van der Waals surface area contributed by atoms with E-state index in [-0.39, 0.29) is 12.5 Å². The summed E-state index contributed by atoms with van der Waals surface area (Å²) >= 11 is 6.10. The van der Waals surface area contributed by atoms with Gasteiger partial charge in [0.1, 0.15) is 16.8 Å². The van der Waals surface area contributed by atoms with Gasteiger partial charge in [0.05, 0.1) is 6.54 Å². The van der Waals surface area contributed by atoms with E-state index in [9.17, 15) is 4.79 Å². The molecule has 0 fully saturated rings. The van der Waals surface area contributed by atoms with Crippen LogP contribution in [-0.4, -0.2) is 36.0 Å². The molecule has 0 bridgehead atoms. The Morgan fingerprint density at radius 1 is 1.40 bits per heavy atom. The van der Waals surface area contributed by atoms with Crippen LogP contribution in [0.1, 0.15) is 32.2 Å². The van der Waals surface area contributed by atoms with Crippen molar-refractivity contribution in [1.82, 2.24) is 15.3 Å². The number of halogens is 1. The van der Waals surface area contributed by atoms with Crippen LogP contribution in [0, 0.1) is 12.8 Å². The van der Waals surface area contributed by atoms with Gasteiger partial charge in [0, 0.05) is 25.6 Å². The fourth-order valence-corrected chi connectivity index (χ4v) is 1.90. The summed E-state index contributed by atoms with van der Waals surface area (Å²) < 4.78 is 0. The Morgan fingerprint density at radius 3 is 2.60 bits per heavy atom. The highest BCUT2D eigenvalue weighted by molar-refractivity contribution is 6.30. The minimum Gasteiger partial charge on any atom is -0.354 e. The average Bonchev–Trinajstić information content (AvgIpc) is 2.39. The van der Waals surface area contributed by atoms with Crippen LogP contribution in [0.2, 0.25) is 5.15 Å². The lowest BCUT2D eigenvalue weighted by Gasteiger charge is -2.21. The molecule has 1 N–H and O–H groups in total. The molecule has 6 heteroatoms. The molecule has 0 unspecified atom stereocenters. The third-order valence-electron chi connectivity index (χ3n) is 2.87. The standard InChI is InChI=1S/C14H23ClN4O/c1-6-11-17-13(15)10(4)14(18-11)19(5)8-12(20)16-7-9(2)3/h9H,6-8H2,1-5H3,(H,16,20).